The number of pyridine rings is 1. The van der Waals surface area contributed by atoms with E-state index in [0.29, 0.717) is 19.6 Å². The van der Waals surface area contributed by atoms with Gasteiger partial charge in [0.1, 0.15) is 0 Å². The number of sulfonamides is 1. The monoisotopic (exact) mass is 348 g/mol. The van der Waals surface area contributed by atoms with Crippen LogP contribution in [-0.4, -0.2) is 36.6 Å². The molecule has 1 aromatic rings. The molecule has 0 spiro atoms. The second-order valence-corrected chi connectivity index (χ2v) is 7.77. The first-order valence-electron chi connectivity index (χ1n) is 6.15. The number of nitrogens with zero attached hydrogens (tertiary/aromatic N) is 2. The summed E-state index contributed by atoms with van der Waals surface area (Å²) in [5, 5.41) is 0. The van der Waals surface area contributed by atoms with Crippen molar-refractivity contribution in [1.29, 1.82) is 0 Å². The van der Waals surface area contributed by atoms with Crippen molar-refractivity contribution in [3.8, 4) is 0 Å². The highest BCUT2D eigenvalue weighted by Crippen LogP contribution is 2.21. The number of hydrogen-bond donors (Lipinski definition) is 0. The minimum Gasteiger partial charge on any atom is -0.314 e. The van der Waals surface area contributed by atoms with Crippen molar-refractivity contribution in [2.24, 2.45) is 5.92 Å². The Labute approximate surface area is 121 Å². The van der Waals surface area contributed by atoms with E-state index < -0.39 is 10.0 Å². The van der Waals surface area contributed by atoms with E-state index in [1.165, 1.54) is 10.6 Å². The van der Waals surface area contributed by atoms with Crippen LogP contribution in [0.1, 0.15) is 12.5 Å². The quantitative estimate of drug-likeness (QED) is 0.817. The van der Waals surface area contributed by atoms with Gasteiger partial charge in [0.05, 0.1) is 6.26 Å². The van der Waals surface area contributed by atoms with Crippen LogP contribution in [0.5, 0.6) is 0 Å². The molecule has 7 heteroatoms. The Bertz CT molecular complexity index is 633. The molecule has 0 atom stereocenters. The lowest BCUT2D eigenvalue weighted by atomic mass is 10.0. The fourth-order valence-electron chi connectivity index (χ4n) is 2.18. The fraction of sp³-hybridized carbons (Fsp3) is 0.583. The average Bonchev–Trinajstić information content (AvgIpc) is 2.24. The molecule has 0 N–H and O–H groups in total. The Morgan fingerprint density at radius 2 is 2.05 bits per heavy atom. The van der Waals surface area contributed by atoms with Gasteiger partial charge < -0.3 is 4.57 Å². The number of hydrogen-bond acceptors (Lipinski definition) is 3. The average molecular weight is 349 g/mol. The SMILES string of the molecule is CCc1cc(=O)n(CC2CN(S(C)(=O)=O)C2)cc1Br. The summed E-state index contributed by atoms with van der Waals surface area (Å²) < 4.78 is 26.5. The third kappa shape index (κ3) is 3.27. The van der Waals surface area contributed by atoms with Crippen LogP contribution in [0, 0.1) is 5.92 Å². The van der Waals surface area contributed by atoms with Crippen LogP contribution in [-0.2, 0) is 23.0 Å². The first kappa shape index (κ1) is 14.7. The molecule has 0 aromatic carbocycles. The first-order chi connectivity index (χ1) is 8.81. The Morgan fingerprint density at radius 1 is 1.42 bits per heavy atom. The third-order valence-corrected chi connectivity index (χ3v) is 5.34. The first-order valence-corrected chi connectivity index (χ1v) is 8.79. The number of rotatable bonds is 4. The Balaban J connectivity index is 2.06. The Hall–Kier alpha value is -0.660. The normalized spacial score (nSPS) is 17.4. The minimum absolute atomic E-state index is 0.0298. The van der Waals surface area contributed by atoms with Gasteiger partial charge in [-0.15, -0.1) is 0 Å². The van der Waals surface area contributed by atoms with Gasteiger partial charge in [0.25, 0.3) is 5.56 Å². The standard InChI is InChI=1S/C12H17BrN2O3S/c1-3-10-4-12(16)14(8-11(10)13)5-9-6-15(7-9)19(2,17)18/h4,8-9H,3,5-7H2,1-2H3. The van der Waals surface area contributed by atoms with Crippen LogP contribution in [0.15, 0.2) is 21.5 Å². The van der Waals surface area contributed by atoms with Gasteiger partial charge in [-0.1, -0.05) is 6.92 Å². The number of aromatic nitrogens is 1. The summed E-state index contributed by atoms with van der Waals surface area (Å²) in [4.78, 5) is 11.9. The second kappa shape index (κ2) is 5.38. The lowest BCUT2D eigenvalue weighted by Gasteiger charge is -2.37. The van der Waals surface area contributed by atoms with E-state index in [-0.39, 0.29) is 11.5 Å². The Kier molecular flexibility index (Phi) is 4.17. The van der Waals surface area contributed by atoms with Crippen molar-refractivity contribution in [3.63, 3.8) is 0 Å². The van der Waals surface area contributed by atoms with Crippen LogP contribution in [0.2, 0.25) is 0 Å². The van der Waals surface area contributed by atoms with Gasteiger partial charge in [-0.2, -0.15) is 0 Å². The summed E-state index contributed by atoms with van der Waals surface area (Å²) in [7, 11) is -3.08. The van der Waals surface area contributed by atoms with Crippen LogP contribution in [0.25, 0.3) is 0 Å². The van der Waals surface area contributed by atoms with Crippen molar-refractivity contribution < 1.29 is 8.42 Å². The van der Waals surface area contributed by atoms with Crippen LogP contribution in [0.3, 0.4) is 0 Å². The molecule has 0 saturated carbocycles. The van der Waals surface area contributed by atoms with Gasteiger partial charge in [0.2, 0.25) is 10.0 Å². The second-order valence-electron chi connectivity index (χ2n) is 4.94. The predicted molar refractivity (Wildman–Crippen MR) is 77.7 cm³/mol. The maximum Gasteiger partial charge on any atom is 0.250 e. The molecule has 1 fully saturated rings. The molecule has 0 aliphatic carbocycles. The van der Waals surface area contributed by atoms with E-state index in [1.54, 1.807) is 16.8 Å². The smallest absolute Gasteiger partial charge is 0.250 e. The molecule has 1 aliphatic heterocycles. The summed E-state index contributed by atoms with van der Waals surface area (Å²) in [6, 6.07) is 1.64. The molecule has 0 radical (unpaired) electrons. The zero-order valence-corrected chi connectivity index (χ0v) is 13.4. The summed E-state index contributed by atoms with van der Waals surface area (Å²) in [6.07, 6.45) is 3.81. The lowest BCUT2D eigenvalue weighted by Crippen LogP contribution is -2.51. The minimum atomic E-state index is -3.08. The van der Waals surface area contributed by atoms with Crippen molar-refractivity contribution in [2.75, 3.05) is 19.3 Å². The molecule has 1 saturated heterocycles. The van der Waals surface area contributed by atoms with E-state index in [1.807, 2.05) is 6.92 Å². The van der Waals surface area contributed by atoms with Crippen LogP contribution in [0.4, 0.5) is 0 Å². The van der Waals surface area contributed by atoms with Gasteiger partial charge in [0, 0.05) is 42.3 Å². The molecule has 1 aromatic heterocycles. The van der Waals surface area contributed by atoms with Crippen molar-refractivity contribution >= 4 is 26.0 Å². The molecular formula is C12H17BrN2O3S. The molecule has 5 nitrogen and oxygen atoms in total. The molecule has 2 heterocycles. The van der Waals surface area contributed by atoms with E-state index >= 15 is 0 Å². The zero-order chi connectivity index (χ0) is 14.2. The highest BCUT2D eigenvalue weighted by atomic mass is 79.9. The maximum atomic E-state index is 11.9. The fourth-order valence-corrected chi connectivity index (χ4v) is 3.79. The predicted octanol–water partition coefficient (Wildman–Crippen LogP) is 1.06. The van der Waals surface area contributed by atoms with Crippen molar-refractivity contribution in [3.05, 3.63) is 32.7 Å². The number of halogens is 1. The maximum absolute atomic E-state index is 11.9. The molecule has 19 heavy (non-hydrogen) atoms. The summed E-state index contributed by atoms with van der Waals surface area (Å²) in [5.74, 6) is 0.215. The topological polar surface area (TPSA) is 59.4 Å². The molecule has 106 valence electrons. The molecule has 0 amide bonds. The lowest BCUT2D eigenvalue weighted by molar-refractivity contribution is 0.179. The van der Waals surface area contributed by atoms with Crippen molar-refractivity contribution in [1.82, 2.24) is 8.87 Å². The molecule has 0 bridgehead atoms. The van der Waals surface area contributed by atoms with E-state index in [0.717, 1.165) is 16.5 Å². The highest BCUT2D eigenvalue weighted by molar-refractivity contribution is 9.10. The van der Waals surface area contributed by atoms with Gasteiger partial charge in [-0.3, -0.25) is 4.79 Å². The van der Waals surface area contributed by atoms with E-state index in [2.05, 4.69) is 15.9 Å². The third-order valence-electron chi connectivity index (χ3n) is 3.39. The summed E-state index contributed by atoms with van der Waals surface area (Å²) in [5.41, 5.74) is 0.963. The summed E-state index contributed by atoms with van der Waals surface area (Å²) >= 11 is 3.45. The van der Waals surface area contributed by atoms with E-state index in [9.17, 15) is 13.2 Å². The molecule has 1 aliphatic rings. The van der Waals surface area contributed by atoms with Gasteiger partial charge in [-0.05, 0) is 27.9 Å². The van der Waals surface area contributed by atoms with Gasteiger partial charge in [0.15, 0.2) is 0 Å². The van der Waals surface area contributed by atoms with Gasteiger partial charge in [-0.25, -0.2) is 12.7 Å². The highest BCUT2D eigenvalue weighted by Gasteiger charge is 2.33. The molecular weight excluding hydrogens is 332 g/mol. The van der Waals surface area contributed by atoms with Gasteiger partial charge >= 0.3 is 0 Å². The zero-order valence-electron chi connectivity index (χ0n) is 11.0. The summed E-state index contributed by atoms with van der Waals surface area (Å²) in [6.45, 7) is 3.56. The Morgan fingerprint density at radius 3 is 2.58 bits per heavy atom. The largest absolute Gasteiger partial charge is 0.314 e. The van der Waals surface area contributed by atoms with Crippen LogP contribution >= 0.6 is 15.9 Å². The van der Waals surface area contributed by atoms with Crippen molar-refractivity contribution in [2.45, 2.75) is 19.9 Å². The molecule has 2 rings (SSSR count). The number of aryl methyl sites for hydroxylation is 1. The van der Waals surface area contributed by atoms with E-state index in [4.69, 9.17) is 0 Å². The molecule has 0 unspecified atom stereocenters. The van der Waals surface area contributed by atoms with Crippen LogP contribution < -0.4 is 5.56 Å².